The van der Waals surface area contributed by atoms with E-state index in [2.05, 4.69) is 22.9 Å². The molecule has 1 unspecified atom stereocenters. The average Bonchev–Trinajstić information content (AvgIpc) is 3.69. The van der Waals surface area contributed by atoms with Crippen molar-refractivity contribution in [3.8, 4) is 17.6 Å². The Labute approximate surface area is 288 Å². The number of hydrogen-bond acceptors (Lipinski definition) is 10. The number of nitrogens with zero attached hydrogens (tertiary/aromatic N) is 6. The lowest BCUT2D eigenvalue weighted by Crippen LogP contribution is -2.59. The number of piperazine rings is 1. The van der Waals surface area contributed by atoms with Crippen LogP contribution in [0.15, 0.2) is 65.6 Å². The number of benzene rings is 3. The quantitative estimate of drug-likeness (QED) is 0.332. The fraction of sp³-hybridized carbons (Fsp3) is 0.417. The minimum atomic E-state index is -4.50. The number of carbonyl (C=O) groups is 2. The van der Waals surface area contributed by atoms with E-state index in [1.807, 2.05) is 23.1 Å². The summed E-state index contributed by atoms with van der Waals surface area (Å²) >= 11 is 0. The Kier molecular flexibility index (Phi) is 9.43. The summed E-state index contributed by atoms with van der Waals surface area (Å²) in [4.78, 5) is 37.2. The van der Waals surface area contributed by atoms with Gasteiger partial charge in [-0.15, -0.1) is 0 Å². The molecule has 12 nitrogen and oxygen atoms in total. The molecule has 0 aromatic heterocycles. The molecule has 2 atom stereocenters. The molecule has 49 heavy (non-hydrogen) atoms. The third-order valence-corrected chi connectivity index (χ3v) is 11.6. The second kappa shape index (κ2) is 13.4. The Hall–Kier alpha value is -4.48. The fourth-order valence-corrected chi connectivity index (χ4v) is 8.81. The lowest BCUT2D eigenvalue weighted by molar-refractivity contribution is -0.138. The zero-order valence-electron chi connectivity index (χ0n) is 28.5. The van der Waals surface area contributed by atoms with Crippen LogP contribution in [0.3, 0.4) is 0 Å². The molecule has 3 aromatic carbocycles. The SMILES string of the molecule is COc1ccc(S(=O)(=O)N2C(=O)[C@](c3cc(CN4CCN(C)CC4)ccc3OC)(N3CCCC3C(=O)N(C)C)c3cc(C#N)ccc32)cc1. The Morgan fingerprint density at radius 2 is 1.67 bits per heavy atom. The molecule has 3 aliphatic rings. The third kappa shape index (κ3) is 5.82. The van der Waals surface area contributed by atoms with Crippen molar-refractivity contribution >= 4 is 27.5 Å². The van der Waals surface area contributed by atoms with E-state index in [0.29, 0.717) is 48.6 Å². The van der Waals surface area contributed by atoms with Gasteiger partial charge in [0.15, 0.2) is 5.54 Å². The average molecular weight is 687 g/mol. The fourth-order valence-electron chi connectivity index (χ4n) is 7.35. The Bertz CT molecular complexity index is 1900. The lowest BCUT2D eigenvalue weighted by Gasteiger charge is -2.42. The molecular formula is C36H42N6O6S. The van der Waals surface area contributed by atoms with Crippen molar-refractivity contribution < 1.29 is 27.5 Å². The van der Waals surface area contributed by atoms with Crippen molar-refractivity contribution in [2.24, 2.45) is 0 Å². The van der Waals surface area contributed by atoms with Gasteiger partial charge in [-0.25, -0.2) is 12.7 Å². The van der Waals surface area contributed by atoms with Crippen LogP contribution in [0.4, 0.5) is 5.69 Å². The van der Waals surface area contributed by atoms with E-state index in [1.54, 1.807) is 20.2 Å². The monoisotopic (exact) mass is 686 g/mol. The lowest BCUT2D eigenvalue weighted by atomic mass is 9.79. The van der Waals surface area contributed by atoms with Gasteiger partial charge in [0, 0.05) is 64.5 Å². The van der Waals surface area contributed by atoms with Gasteiger partial charge in [0.05, 0.1) is 42.5 Å². The van der Waals surface area contributed by atoms with Crippen LogP contribution in [0.1, 0.15) is 35.1 Å². The van der Waals surface area contributed by atoms with Gasteiger partial charge in [-0.1, -0.05) is 6.07 Å². The van der Waals surface area contributed by atoms with Crippen LogP contribution in [-0.2, 0) is 31.7 Å². The predicted octanol–water partition coefficient (Wildman–Crippen LogP) is 2.85. The summed E-state index contributed by atoms with van der Waals surface area (Å²) in [6.45, 7) is 4.53. The molecule has 0 bridgehead atoms. The Morgan fingerprint density at radius 1 is 0.959 bits per heavy atom. The van der Waals surface area contributed by atoms with E-state index in [4.69, 9.17) is 9.47 Å². The highest BCUT2D eigenvalue weighted by molar-refractivity contribution is 7.93. The van der Waals surface area contributed by atoms with Crippen LogP contribution in [0.25, 0.3) is 0 Å². The molecule has 3 aliphatic heterocycles. The van der Waals surface area contributed by atoms with Gasteiger partial charge in [-0.3, -0.25) is 19.4 Å². The van der Waals surface area contributed by atoms with Crippen molar-refractivity contribution in [1.82, 2.24) is 19.6 Å². The molecule has 258 valence electrons. The summed E-state index contributed by atoms with van der Waals surface area (Å²) < 4.78 is 41.2. The third-order valence-electron chi connectivity index (χ3n) is 9.89. The second-order valence-electron chi connectivity index (χ2n) is 13.0. The number of amides is 2. The molecule has 0 saturated carbocycles. The molecule has 2 saturated heterocycles. The number of rotatable bonds is 9. The van der Waals surface area contributed by atoms with E-state index in [0.717, 1.165) is 36.0 Å². The molecule has 3 heterocycles. The maximum Gasteiger partial charge on any atom is 0.271 e. The molecule has 2 amide bonds. The minimum Gasteiger partial charge on any atom is -0.497 e. The normalized spacial score (nSPS) is 21.8. The van der Waals surface area contributed by atoms with E-state index in [9.17, 15) is 18.5 Å². The van der Waals surface area contributed by atoms with Crippen molar-refractivity contribution in [2.75, 3.05) is 72.4 Å². The first-order chi connectivity index (χ1) is 23.5. The topological polar surface area (TPSA) is 127 Å². The number of likely N-dealkylation sites (tertiary alicyclic amines) is 1. The Morgan fingerprint density at radius 3 is 2.31 bits per heavy atom. The number of anilines is 1. The molecule has 0 radical (unpaired) electrons. The summed E-state index contributed by atoms with van der Waals surface area (Å²) in [5, 5.41) is 10.1. The molecule has 0 N–H and O–H groups in total. The van der Waals surface area contributed by atoms with Crippen LogP contribution in [0, 0.1) is 11.3 Å². The van der Waals surface area contributed by atoms with Crippen LogP contribution >= 0.6 is 0 Å². The summed E-state index contributed by atoms with van der Waals surface area (Å²) in [7, 11) is 3.93. The van der Waals surface area contributed by atoms with Gasteiger partial charge < -0.3 is 19.3 Å². The maximum absolute atomic E-state index is 15.6. The largest absolute Gasteiger partial charge is 0.497 e. The zero-order chi connectivity index (χ0) is 35.1. The maximum atomic E-state index is 15.6. The highest BCUT2D eigenvalue weighted by atomic mass is 32.2. The number of carbonyl (C=O) groups excluding carboxylic acids is 2. The van der Waals surface area contributed by atoms with Crippen LogP contribution in [0.2, 0.25) is 0 Å². The number of likely N-dealkylation sites (N-methyl/N-ethyl adjacent to an activating group) is 2. The number of hydrogen-bond donors (Lipinski definition) is 0. The van der Waals surface area contributed by atoms with Gasteiger partial charge in [0.1, 0.15) is 11.5 Å². The number of methoxy groups -OCH3 is 2. The van der Waals surface area contributed by atoms with Crippen LogP contribution in [-0.4, -0.2) is 114 Å². The minimum absolute atomic E-state index is 0.106. The van der Waals surface area contributed by atoms with Crippen molar-refractivity contribution in [3.05, 3.63) is 82.9 Å². The van der Waals surface area contributed by atoms with Crippen molar-refractivity contribution in [3.63, 3.8) is 0 Å². The summed E-state index contributed by atoms with van der Waals surface area (Å²) in [6.07, 6.45) is 1.06. The second-order valence-corrected chi connectivity index (χ2v) is 14.8. The van der Waals surface area contributed by atoms with Gasteiger partial charge in [0.25, 0.3) is 15.9 Å². The molecular weight excluding hydrogens is 644 g/mol. The highest BCUT2D eigenvalue weighted by Crippen LogP contribution is 2.54. The predicted molar refractivity (Wildman–Crippen MR) is 184 cm³/mol. The number of fused-ring (bicyclic) bond motifs is 1. The summed E-state index contributed by atoms with van der Waals surface area (Å²) in [5.74, 6) is -0.131. The first kappa shape index (κ1) is 34.4. The zero-order valence-corrected chi connectivity index (χ0v) is 29.4. The molecule has 0 spiro atoms. The first-order valence-corrected chi connectivity index (χ1v) is 17.8. The first-order valence-electron chi connectivity index (χ1n) is 16.3. The van der Waals surface area contributed by atoms with E-state index >= 15 is 4.79 Å². The number of sulfonamides is 1. The van der Waals surface area contributed by atoms with Crippen molar-refractivity contribution in [1.29, 1.82) is 5.26 Å². The summed E-state index contributed by atoms with van der Waals surface area (Å²) in [6, 6.07) is 17.6. The molecule has 13 heteroatoms. The standard InChI is InChI=1S/C36H42N6O6S/c1-38(2)34(43)32-7-6-16-41(32)36(30-22-26(9-15-33(30)48-5)24-40-19-17-39(3)18-20-40)29-21-25(23-37)8-14-31(29)42(35(36)44)49(45,46)28-12-10-27(47-4)11-13-28/h8-15,21-22,32H,6-7,16-20,24H2,1-5H3/t32?,36-/m0/s1. The molecule has 0 aliphatic carbocycles. The molecule has 2 fully saturated rings. The number of ether oxygens (including phenoxy) is 2. The van der Waals surface area contributed by atoms with Gasteiger partial charge >= 0.3 is 0 Å². The van der Waals surface area contributed by atoms with Crippen LogP contribution < -0.4 is 13.8 Å². The van der Waals surface area contributed by atoms with Gasteiger partial charge in [-0.2, -0.15) is 5.26 Å². The highest BCUT2D eigenvalue weighted by Gasteiger charge is 2.63. The summed E-state index contributed by atoms with van der Waals surface area (Å²) in [5.41, 5.74) is 0.196. The van der Waals surface area contributed by atoms with Crippen molar-refractivity contribution in [2.45, 2.75) is 35.9 Å². The molecule has 3 aromatic rings. The Balaban J connectivity index is 1.62. The van der Waals surface area contributed by atoms with Crippen LogP contribution in [0.5, 0.6) is 11.5 Å². The van der Waals surface area contributed by atoms with Gasteiger partial charge in [-0.05, 0) is 80.1 Å². The van der Waals surface area contributed by atoms with E-state index in [-0.39, 0.29) is 22.1 Å². The molecule has 6 rings (SSSR count). The smallest absolute Gasteiger partial charge is 0.271 e. The van der Waals surface area contributed by atoms with E-state index in [1.165, 1.54) is 55.5 Å². The van der Waals surface area contributed by atoms with E-state index < -0.39 is 27.5 Å². The van der Waals surface area contributed by atoms with Gasteiger partial charge in [0.2, 0.25) is 5.91 Å². The number of nitriles is 1.